The van der Waals surface area contributed by atoms with E-state index in [0.717, 1.165) is 16.8 Å². The summed E-state index contributed by atoms with van der Waals surface area (Å²) >= 11 is 1.93. The van der Waals surface area contributed by atoms with Crippen LogP contribution in [0.2, 0.25) is 0 Å². The Labute approximate surface area is 155 Å². The van der Waals surface area contributed by atoms with Crippen LogP contribution in [0.15, 0.2) is 34.2 Å². The number of nitrogens with one attached hydrogen (secondary N) is 2. The average molecular weight is 385 g/mol. The molecule has 0 radical (unpaired) electrons. The van der Waals surface area contributed by atoms with Crippen LogP contribution in [-0.4, -0.2) is 57.4 Å². The molecule has 2 N–H and O–H groups in total. The monoisotopic (exact) mass is 384 g/mol. The SMILES string of the molecule is CN=C(NCc1ccc(S(=O)(=O)N(C)C)cc1)NC1CCC(SC)C1. The molecule has 140 valence electrons. The highest BCUT2D eigenvalue weighted by Crippen LogP contribution is 2.28. The molecular formula is C17H28N4O2S2. The number of benzene rings is 1. The second-order valence-corrected chi connectivity index (χ2v) is 9.66. The van der Waals surface area contributed by atoms with E-state index in [0.29, 0.717) is 17.5 Å². The zero-order valence-corrected chi connectivity index (χ0v) is 17.0. The smallest absolute Gasteiger partial charge is 0.242 e. The van der Waals surface area contributed by atoms with Crippen molar-refractivity contribution in [3.63, 3.8) is 0 Å². The highest BCUT2D eigenvalue weighted by molar-refractivity contribution is 7.99. The van der Waals surface area contributed by atoms with E-state index in [9.17, 15) is 8.42 Å². The molecule has 1 fully saturated rings. The Balaban J connectivity index is 1.89. The Kier molecular flexibility index (Phi) is 7.15. The molecule has 1 saturated carbocycles. The predicted octanol–water partition coefficient (Wildman–Crippen LogP) is 1.89. The van der Waals surface area contributed by atoms with Crippen molar-refractivity contribution in [1.29, 1.82) is 0 Å². The van der Waals surface area contributed by atoms with Crippen LogP contribution in [0.25, 0.3) is 0 Å². The molecule has 6 nitrogen and oxygen atoms in total. The van der Waals surface area contributed by atoms with Crippen LogP contribution in [0.5, 0.6) is 0 Å². The van der Waals surface area contributed by atoms with Gasteiger partial charge in [0.2, 0.25) is 10.0 Å². The standard InChI is InChI=1S/C17H28N4O2S2/c1-18-17(20-14-7-8-15(11-14)24-4)19-12-13-5-9-16(10-6-13)25(22,23)21(2)3/h5-6,9-10,14-15H,7-8,11-12H2,1-4H3,(H2,18,19,20). The van der Waals surface area contributed by atoms with E-state index in [-0.39, 0.29) is 0 Å². The van der Waals surface area contributed by atoms with Crippen molar-refractivity contribution in [3.8, 4) is 0 Å². The van der Waals surface area contributed by atoms with Gasteiger partial charge in [0, 0.05) is 39.0 Å². The molecular weight excluding hydrogens is 356 g/mol. The van der Waals surface area contributed by atoms with Crippen LogP contribution in [0.4, 0.5) is 0 Å². The molecule has 2 unspecified atom stereocenters. The molecule has 0 aliphatic heterocycles. The first kappa shape index (κ1) is 20.1. The average Bonchev–Trinajstić information content (AvgIpc) is 3.06. The van der Waals surface area contributed by atoms with E-state index >= 15 is 0 Å². The van der Waals surface area contributed by atoms with Crippen LogP contribution in [0.3, 0.4) is 0 Å². The molecule has 1 aromatic carbocycles. The largest absolute Gasteiger partial charge is 0.354 e. The summed E-state index contributed by atoms with van der Waals surface area (Å²) in [5.41, 5.74) is 1.01. The highest BCUT2D eigenvalue weighted by atomic mass is 32.2. The molecule has 1 aliphatic carbocycles. The number of hydrogen-bond acceptors (Lipinski definition) is 4. The summed E-state index contributed by atoms with van der Waals surface area (Å²) in [6.07, 6.45) is 5.75. The quantitative estimate of drug-likeness (QED) is 0.579. The van der Waals surface area contributed by atoms with Crippen LogP contribution in [0, 0.1) is 0 Å². The van der Waals surface area contributed by atoms with Gasteiger partial charge in [-0.1, -0.05) is 12.1 Å². The Morgan fingerprint density at radius 1 is 1.28 bits per heavy atom. The van der Waals surface area contributed by atoms with E-state index in [1.807, 2.05) is 23.9 Å². The molecule has 8 heteroatoms. The lowest BCUT2D eigenvalue weighted by Crippen LogP contribution is -2.42. The Morgan fingerprint density at radius 3 is 2.48 bits per heavy atom. The molecule has 0 saturated heterocycles. The number of rotatable bonds is 6. The fraction of sp³-hybridized carbons (Fsp3) is 0.588. The van der Waals surface area contributed by atoms with Crippen LogP contribution in [-0.2, 0) is 16.6 Å². The first-order valence-corrected chi connectivity index (χ1v) is 11.1. The molecule has 25 heavy (non-hydrogen) atoms. The lowest BCUT2D eigenvalue weighted by Gasteiger charge is -2.17. The van der Waals surface area contributed by atoms with Gasteiger partial charge in [-0.3, -0.25) is 4.99 Å². The summed E-state index contributed by atoms with van der Waals surface area (Å²) in [5, 5.41) is 7.51. The maximum atomic E-state index is 12.1. The topological polar surface area (TPSA) is 73.8 Å². The van der Waals surface area contributed by atoms with E-state index < -0.39 is 10.0 Å². The number of nitrogens with zero attached hydrogens (tertiary/aromatic N) is 2. The Morgan fingerprint density at radius 2 is 1.96 bits per heavy atom. The van der Waals surface area contributed by atoms with Gasteiger partial charge in [0.25, 0.3) is 0 Å². The maximum absolute atomic E-state index is 12.1. The zero-order valence-electron chi connectivity index (χ0n) is 15.3. The van der Waals surface area contributed by atoms with Gasteiger partial charge in [-0.15, -0.1) is 0 Å². The van der Waals surface area contributed by atoms with E-state index in [1.54, 1.807) is 19.2 Å². The molecule has 0 bridgehead atoms. The van der Waals surface area contributed by atoms with Gasteiger partial charge in [0.15, 0.2) is 5.96 Å². The number of guanidine groups is 1. The van der Waals surface area contributed by atoms with Crippen LogP contribution < -0.4 is 10.6 Å². The van der Waals surface area contributed by atoms with Crippen molar-refractivity contribution in [1.82, 2.24) is 14.9 Å². The number of aliphatic imine (C=N–C) groups is 1. The number of thioether (sulfide) groups is 1. The second-order valence-electron chi connectivity index (χ2n) is 6.37. The van der Waals surface area contributed by atoms with Crippen molar-refractivity contribution in [2.75, 3.05) is 27.4 Å². The lowest BCUT2D eigenvalue weighted by atomic mass is 10.2. The van der Waals surface area contributed by atoms with Crippen LogP contribution in [0.1, 0.15) is 24.8 Å². The summed E-state index contributed by atoms with van der Waals surface area (Å²) in [5.74, 6) is 0.789. The normalized spacial score (nSPS) is 21.6. The highest BCUT2D eigenvalue weighted by Gasteiger charge is 2.24. The third kappa shape index (κ3) is 5.36. The minimum Gasteiger partial charge on any atom is -0.354 e. The van der Waals surface area contributed by atoms with Crippen molar-refractivity contribution < 1.29 is 8.42 Å². The van der Waals surface area contributed by atoms with Gasteiger partial charge < -0.3 is 10.6 Å². The minimum absolute atomic E-state index is 0.304. The molecule has 2 rings (SSSR count). The van der Waals surface area contributed by atoms with Crippen molar-refractivity contribution >= 4 is 27.7 Å². The molecule has 0 heterocycles. The number of hydrogen-bond donors (Lipinski definition) is 2. The first-order valence-electron chi connectivity index (χ1n) is 8.38. The molecule has 0 amide bonds. The van der Waals surface area contributed by atoms with Crippen LogP contribution >= 0.6 is 11.8 Å². The third-order valence-corrected chi connectivity index (χ3v) is 7.37. The summed E-state index contributed by atoms with van der Waals surface area (Å²) in [6, 6.07) is 7.41. The summed E-state index contributed by atoms with van der Waals surface area (Å²) in [4.78, 5) is 4.59. The lowest BCUT2D eigenvalue weighted by molar-refractivity contribution is 0.520. The Hall–Kier alpha value is -1.25. The van der Waals surface area contributed by atoms with Gasteiger partial charge in [0.1, 0.15) is 0 Å². The van der Waals surface area contributed by atoms with Gasteiger partial charge in [0.05, 0.1) is 4.90 Å². The molecule has 0 spiro atoms. The van der Waals surface area contributed by atoms with Crippen molar-refractivity contribution in [2.24, 2.45) is 4.99 Å². The zero-order chi connectivity index (χ0) is 18.4. The fourth-order valence-corrected chi connectivity index (χ4v) is 4.55. The third-order valence-electron chi connectivity index (χ3n) is 4.44. The Bertz CT molecular complexity index is 687. The molecule has 1 aromatic rings. The minimum atomic E-state index is -3.38. The van der Waals surface area contributed by atoms with Gasteiger partial charge in [-0.2, -0.15) is 11.8 Å². The number of sulfonamides is 1. The summed E-state index contributed by atoms with van der Waals surface area (Å²) < 4.78 is 25.4. The predicted molar refractivity (Wildman–Crippen MR) is 106 cm³/mol. The van der Waals surface area contributed by atoms with E-state index in [2.05, 4.69) is 21.9 Å². The van der Waals surface area contributed by atoms with Gasteiger partial charge >= 0.3 is 0 Å². The molecule has 0 aromatic heterocycles. The maximum Gasteiger partial charge on any atom is 0.242 e. The van der Waals surface area contributed by atoms with E-state index in [4.69, 9.17) is 0 Å². The summed E-state index contributed by atoms with van der Waals surface area (Å²) in [6.45, 7) is 0.598. The fourth-order valence-electron chi connectivity index (χ4n) is 2.85. The first-order chi connectivity index (χ1) is 11.9. The summed E-state index contributed by atoms with van der Waals surface area (Å²) in [7, 11) is 1.45. The molecule has 1 aliphatic rings. The molecule has 2 atom stereocenters. The second kappa shape index (κ2) is 8.91. The van der Waals surface area contributed by atoms with E-state index in [1.165, 1.54) is 37.7 Å². The van der Waals surface area contributed by atoms with Gasteiger partial charge in [-0.25, -0.2) is 12.7 Å². The van der Waals surface area contributed by atoms with Crippen molar-refractivity contribution in [2.45, 2.75) is 42.0 Å². The van der Waals surface area contributed by atoms with Gasteiger partial charge in [-0.05, 0) is 43.2 Å². The van der Waals surface area contributed by atoms with Crippen molar-refractivity contribution in [3.05, 3.63) is 29.8 Å².